The molecule has 3 aliphatic rings. The lowest BCUT2D eigenvalue weighted by atomic mass is 10.1. The van der Waals surface area contributed by atoms with E-state index in [0.717, 1.165) is 90.7 Å². The molecule has 0 aromatic rings. The Labute approximate surface area is 174 Å². The highest BCUT2D eigenvalue weighted by atomic mass is 127. The van der Waals surface area contributed by atoms with Gasteiger partial charge in [0.15, 0.2) is 5.96 Å². The maximum absolute atomic E-state index is 5.92. The van der Waals surface area contributed by atoms with Gasteiger partial charge in [-0.3, -0.25) is 4.99 Å². The fourth-order valence-corrected chi connectivity index (χ4v) is 3.69. The number of nitrogens with zero attached hydrogens (tertiary/aromatic N) is 2. The van der Waals surface area contributed by atoms with Gasteiger partial charge >= 0.3 is 0 Å². The summed E-state index contributed by atoms with van der Waals surface area (Å²) >= 11 is 0. The molecule has 26 heavy (non-hydrogen) atoms. The molecular weight excluding hydrogens is 449 g/mol. The van der Waals surface area contributed by atoms with E-state index in [1.807, 2.05) is 7.05 Å². The van der Waals surface area contributed by atoms with Crippen LogP contribution >= 0.6 is 24.0 Å². The number of nitrogens with one attached hydrogen (secondary N) is 1. The average Bonchev–Trinajstić information content (AvgIpc) is 3.20. The van der Waals surface area contributed by atoms with E-state index < -0.39 is 0 Å². The Morgan fingerprint density at radius 2 is 1.92 bits per heavy atom. The van der Waals surface area contributed by atoms with Crippen LogP contribution in [0.3, 0.4) is 0 Å². The minimum absolute atomic E-state index is 0. The van der Waals surface area contributed by atoms with E-state index in [4.69, 9.17) is 18.9 Å². The summed E-state index contributed by atoms with van der Waals surface area (Å²) in [6.45, 7) is 6.65. The molecule has 0 radical (unpaired) electrons. The summed E-state index contributed by atoms with van der Waals surface area (Å²) in [6, 6.07) is 0. The summed E-state index contributed by atoms with van der Waals surface area (Å²) in [5.74, 6) is 0.956. The number of morpholine rings is 1. The van der Waals surface area contributed by atoms with Crippen molar-refractivity contribution in [3.63, 3.8) is 0 Å². The second-order valence-corrected chi connectivity index (χ2v) is 6.92. The molecule has 0 aromatic carbocycles. The number of aliphatic imine (C=N–C) groups is 1. The van der Waals surface area contributed by atoms with Crippen molar-refractivity contribution in [1.82, 2.24) is 10.2 Å². The molecule has 2 unspecified atom stereocenters. The largest absolute Gasteiger partial charge is 0.381 e. The predicted molar refractivity (Wildman–Crippen MR) is 111 cm³/mol. The van der Waals surface area contributed by atoms with Gasteiger partial charge in [-0.25, -0.2) is 0 Å². The van der Waals surface area contributed by atoms with Crippen LogP contribution in [0, 0.1) is 0 Å². The molecule has 0 amide bonds. The second kappa shape index (κ2) is 12.3. The normalized spacial score (nSPS) is 28.0. The second-order valence-electron chi connectivity index (χ2n) is 6.92. The first kappa shape index (κ1) is 22.1. The number of ether oxygens (including phenoxy) is 4. The first-order chi connectivity index (χ1) is 12.4. The molecule has 3 saturated heterocycles. The van der Waals surface area contributed by atoms with Gasteiger partial charge in [0, 0.05) is 53.1 Å². The Bertz CT molecular complexity index is 415. The van der Waals surface area contributed by atoms with Crippen molar-refractivity contribution in [2.24, 2.45) is 4.99 Å². The maximum Gasteiger partial charge on any atom is 0.193 e. The predicted octanol–water partition coefficient (Wildman–Crippen LogP) is 1.65. The molecule has 152 valence electrons. The molecule has 0 bridgehead atoms. The monoisotopic (exact) mass is 483 g/mol. The molecule has 3 heterocycles. The van der Waals surface area contributed by atoms with Crippen molar-refractivity contribution in [3.05, 3.63) is 0 Å². The van der Waals surface area contributed by atoms with E-state index in [1.54, 1.807) is 0 Å². The van der Waals surface area contributed by atoms with Gasteiger partial charge in [0.25, 0.3) is 0 Å². The quantitative estimate of drug-likeness (QED) is 0.268. The minimum Gasteiger partial charge on any atom is -0.381 e. The Hall–Kier alpha value is -0.160. The van der Waals surface area contributed by atoms with E-state index in [-0.39, 0.29) is 36.2 Å². The summed E-state index contributed by atoms with van der Waals surface area (Å²) in [4.78, 5) is 6.72. The van der Waals surface area contributed by atoms with Gasteiger partial charge in [0.2, 0.25) is 0 Å². The zero-order chi connectivity index (χ0) is 17.3. The zero-order valence-electron chi connectivity index (χ0n) is 15.9. The molecular formula is C18H34IN3O4. The van der Waals surface area contributed by atoms with Crippen LogP contribution in [0.4, 0.5) is 0 Å². The molecule has 2 atom stereocenters. The molecule has 8 heteroatoms. The van der Waals surface area contributed by atoms with E-state index in [9.17, 15) is 0 Å². The molecule has 3 rings (SSSR count). The van der Waals surface area contributed by atoms with Crippen LogP contribution < -0.4 is 5.32 Å². The SMILES string of the molecule is CN=C(NCCCOC1CCOCC1)N1CCOC(C2CCCO2)C1.I. The van der Waals surface area contributed by atoms with Crippen molar-refractivity contribution in [2.75, 3.05) is 59.7 Å². The van der Waals surface area contributed by atoms with Crippen molar-refractivity contribution in [1.29, 1.82) is 0 Å². The zero-order valence-corrected chi connectivity index (χ0v) is 18.2. The van der Waals surface area contributed by atoms with Crippen LogP contribution in [-0.2, 0) is 18.9 Å². The Morgan fingerprint density at radius 3 is 2.65 bits per heavy atom. The van der Waals surface area contributed by atoms with Gasteiger partial charge in [-0.15, -0.1) is 24.0 Å². The smallest absolute Gasteiger partial charge is 0.193 e. The highest BCUT2D eigenvalue weighted by Crippen LogP contribution is 2.21. The summed E-state index contributed by atoms with van der Waals surface area (Å²) in [6.07, 6.45) is 6.05. The van der Waals surface area contributed by atoms with E-state index >= 15 is 0 Å². The van der Waals surface area contributed by atoms with Crippen LogP contribution in [0.2, 0.25) is 0 Å². The van der Waals surface area contributed by atoms with E-state index in [1.165, 1.54) is 0 Å². The lowest BCUT2D eigenvalue weighted by Gasteiger charge is -2.37. The van der Waals surface area contributed by atoms with Crippen LogP contribution in [-0.4, -0.2) is 88.9 Å². The highest BCUT2D eigenvalue weighted by Gasteiger charge is 2.32. The van der Waals surface area contributed by atoms with Crippen molar-refractivity contribution < 1.29 is 18.9 Å². The molecule has 7 nitrogen and oxygen atoms in total. The van der Waals surface area contributed by atoms with Gasteiger partial charge < -0.3 is 29.2 Å². The number of hydrogen-bond acceptors (Lipinski definition) is 5. The Balaban J connectivity index is 0.00000243. The van der Waals surface area contributed by atoms with Crippen molar-refractivity contribution in [3.8, 4) is 0 Å². The van der Waals surface area contributed by atoms with Gasteiger partial charge in [0.1, 0.15) is 6.10 Å². The lowest BCUT2D eigenvalue weighted by molar-refractivity contribution is -0.0817. The topological polar surface area (TPSA) is 64.6 Å². The van der Waals surface area contributed by atoms with Gasteiger partial charge in [-0.05, 0) is 32.1 Å². The summed E-state index contributed by atoms with van der Waals surface area (Å²) in [7, 11) is 1.84. The molecule has 3 fully saturated rings. The molecule has 3 aliphatic heterocycles. The third kappa shape index (κ3) is 6.78. The number of halogens is 1. The number of rotatable bonds is 6. The van der Waals surface area contributed by atoms with Crippen LogP contribution in [0.5, 0.6) is 0 Å². The summed E-state index contributed by atoms with van der Waals surface area (Å²) in [5.41, 5.74) is 0. The van der Waals surface area contributed by atoms with E-state index in [2.05, 4.69) is 15.2 Å². The van der Waals surface area contributed by atoms with Gasteiger partial charge in [-0.2, -0.15) is 0 Å². The fraction of sp³-hybridized carbons (Fsp3) is 0.944. The molecule has 0 spiro atoms. The lowest BCUT2D eigenvalue weighted by Crippen LogP contribution is -2.53. The van der Waals surface area contributed by atoms with Crippen LogP contribution in [0.15, 0.2) is 4.99 Å². The molecule has 0 aromatic heterocycles. The highest BCUT2D eigenvalue weighted by molar-refractivity contribution is 14.0. The third-order valence-electron chi connectivity index (χ3n) is 5.11. The first-order valence-electron chi connectivity index (χ1n) is 9.75. The first-order valence-corrected chi connectivity index (χ1v) is 9.75. The summed E-state index contributed by atoms with van der Waals surface area (Å²) in [5, 5.41) is 3.46. The fourth-order valence-electron chi connectivity index (χ4n) is 3.69. The molecule has 0 aliphatic carbocycles. The number of hydrogen-bond donors (Lipinski definition) is 1. The third-order valence-corrected chi connectivity index (χ3v) is 5.11. The maximum atomic E-state index is 5.92. The van der Waals surface area contributed by atoms with Crippen LogP contribution in [0.25, 0.3) is 0 Å². The minimum atomic E-state index is 0. The van der Waals surface area contributed by atoms with Crippen LogP contribution in [0.1, 0.15) is 32.1 Å². The Kier molecular flexibility index (Phi) is 10.5. The van der Waals surface area contributed by atoms with E-state index in [0.29, 0.717) is 6.10 Å². The van der Waals surface area contributed by atoms with Gasteiger partial charge in [-0.1, -0.05) is 0 Å². The van der Waals surface area contributed by atoms with Crippen molar-refractivity contribution >= 4 is 29.9 Å². The standard InChI is InChI=1S/C18H33N3O4.HI/c1-19-18(20-7-3-10-23-15-5-11-22-12-6-15)21-8-13-25-17(14-21)16-4-2-9-24-16;/h15-17H,2-14H2,1H3,(H,19,20);1H. The van der Waals surface area contributed by atoms with Crippen molar-refractivity contribution in [2.45, 2.75) is 50.4 Å². The van der Waals surface area contributed by atoms with Gasteiger partial charge in [0.05, 0.1) is 18.8 Å². The number of guanidine groups is 1. The summed E-state index contributed by atoms with van der Waals surface area (Å²) < 4.78 is 23.0. The Morgan fingerprint density at radius 1 is 1.12 bits per heavy atom. The molecule has 0 saturated carbocycles. The average molecular weight is 483 g/mol. The molecule has 1 N–H and O–H groups in total.